The lowest BCUT2D eigenvalue weighted by Crippen LogP contribution is -2.44. The van der Waals surface area contributed by atoms with Crippen LogP contribution in [0.2, 0.25) is 0 Å². The molecule has 74 valence electrons. The van der Waals surface area contributed by atoms with E-state index in [2.05, 4.69) is 4.74 Å². The number of carbonyl (C=O) groups is 1. The predicted molar refractivity (Wildman–Crippen MR) is 36.8 cm³/mol. The minimum atomic E-state index is -1.86. The first-order valence-electron chi connectivity index (χ1n) is 3.31. The van der Waals surface area contributed by atoms with Gasteiger partial charge in [-0.05, 0) is 0 Å². The molecule has 1 rings (SSSR count). The summed E-state index contributed by atoms with van der Waals surface area (Å²) in [6.45, 7) is 0. The quantitative estimate of drug-likeness (QED) is 0.341. The van der Waals surface area contributed by atoms with E-state index in [1.165, 1.54) is 0 Å². The van der Waals surface area contributed by atoms with E-state index in [9.17, 15) is 4.79 Å². The van der Waals surface area contributed by atoms with Crippen molar-refractivity contribution in [2.45, 2.75) is 18.5 Å². The van der Waals surface area contributed by atoms with Crippen molar-refractivity contribution in [3.63, 3.8) is 0 Å². The van der Waals surface area contributed by atoms with Crippen LogP contribution in [0.3, 0.4) is 0 Å². The molecule has 0 aromatic heterocycles. The van der Waals surface area contributed by atoms with Gasteiger partial charge in [0.25, 0.3) is 0 Å². The second-order valence-electron chi connectivity index (χ2n) is 2.46. The van der Waals surface area contributed by atoms with Crippen LogP contribution in [0.1, 0.15) is 0 Å². The number of hydrogen-bond donors (Lipinski definition) is 5. The van der Waals surface area contributed by atoms with Crippen molar-refractivity contribution in [1.82, 2.24) is 0 Å². The summed E-state index contributed by atoms with van der Waals surface area (Å²) in [5, 5.41) is 44.0. The molecule has 1 aliphatic rings. The summed E-state index contributed by atoms with van der Waals surface area (Å²) < 4.78 is 4.28. The van der Waals surface area contributed by atoms with E-state index in [0.29, 0.717) is 0 Å². The standard InChI is InChI=1S/C6H8O7/c7-1-2(8)4(5(10)11)13-6(12)3(1)9/h3-4,6-9,12H,(H,10,11)/t3?,4?,6-/m1/s1. The lowest BCUT2D eigenvalue weighted by molar-refractivity contribution is -0.208. The van der Waals surface area contributed by atoms with Gasteiger partial charge in [-0.2, -0.15) is 0 Å². The van der Waals surface area contributed by atoms with Crippen LogP contribution in [0.5, 0.6) is 0 Å². The van der Waals surface area contributed by atoms with Crippen molar-refractivity contribution in [1.29, 1.82) is 0 Å². The van der Waals surface area contributed by atoms with Crippen molar-refractivity contribution < 1.29 is 35.1 Å². The molecule has 13 heavy (non-hydrogen) atoms. The second kappa shape index (κ2) is 3.21. The molecule has 0 aromatic carbocycles. The average molecular weight is 192 g/mol. The molecular formula is C6H8O7. The molecule has 1 aliphatic heterocycles. The summed E-state index contributed by atoms with van der Waals surface area (Å²) in [4.78, 5) is 10.3. The summed E-state index contributed by atoms with van der Waals surface area (Å²) >= 11 is 0. The van der Waals surface area contributed by atoms with Crippen LogP contribution in [0.25, 0.3) is 0 Å². The first kappa shape index (κ1) is 9.78. The van der Waals surface area contributed by atoms with Gasteiger partial charge < -0.3 is 30.3 Å². The highest BCUT2D eigenvalue weighted by molar-refractivity contribution is 5.76. The summed E-state index contributed by atoms with van der Waals surface area (Å²) in [5.41, 5.74) is 0. The van der Waals surface area contributed by atoms with Crippen LogP contribution < -0.4 is 0 Å². The smallest absolute Gasteiger partial charge is 0.341 e. The maximum absolute atomic E-state index is 10.3. The van der Waals surface area contributed by atoms with Gasteiger partial charge in [0.2, 0.25) is 6.10 Å². The maximum Gasteiger partial charge on any atom is 0.341 e. The summed E-state index contributed by atoms with van der Waals surface area (Å²) in [7, 11) is 0. The third-order valence-corrected chi connectivity index (χ3v) is 1.56. The van der Waals surface area contributed by atoms with Gasteiger partial charge in [0.15, 0.2) is 23.9 Å². The number of hydrogen-bond acceptors (Lipinski definition) is 6. The third-order valence-electron chi connectivity index (χ3n) is 1.56. The van der Waals surface area contributed by atoms with Crippen LogP contribution in [-0.2, 0) is 9.53 Å². The minimum Gasteiger partial charge on any atom is -0.506 e. The summed E-state index contributed by atoms with van der Waals surface area (Å²) in [5.74, 6) is -3.58. The lowest BCUT2D eigenvalue weighted by atomic mass is 10.1. The zero-order valence-corrected chi connectivity index (χ0v) is 6.28. The fourth-order valence-corrected chi connectivity index (χ4v) is 0.874. The van der Waals surface area contributed by atoms with Gasteiger partial charge >= 0.3 is 5.97 Å². The normalized spacial score (nSPS) is 34.8. The Morgan fingerprint density at radius 1 is 1.23 bits per heavy atom. The second-order valence-corrected chi connectivity index (χ2v) is 2.46. The molecule has 0 amide bonds. The zero-order valence-electron chi connectivity index (χ0n) is 6.28. The predicted octanol–water partition coefficient (Wildman–Crippen LogP) is -1.52. The molecular weight excluding hydrogens is 184 g/mol. The van der Waals surface area contributed by atoms with Crippen LogP contribution in [0.15, 0.2) is 11.5 Å². The molecule has 5 N–H and O–H groups in total. The molecule has 2 unspecified atom stereocenters. The van der Waals surface area contributed by atoms with Crippen molar-refractivity contribution in [2.24, 2.45) is 0 Å². The fourth-order valence-electron chi connectivity index (χ4n) is 0.874. The van der Waals surface area contributed by atoms with Gasteiger partial charge in [0.05, 0.1) is 0 Å². The molecule has 0 fully saturated rings. The summed E-state index contributed by atoms with van der Waals surface area (Å²) in [6.07, 6.45) is -5.54. The largest absolute Gasteiger partial charge is 0.506 e. The van der Waals surface area contributed by atoms with Crippen LogP contribution in [-0.4, -0.2) is 50.0 Å². The Bertz CT molecular complexity index is 258. The van der Waals surface area contributed by atoms with Crippen molar-refractivity contribution in [2.75, 3.05) is 0 Å². The molecule has 0 bridgehead atoms. The Hall–Kier alpha value is -1.31. The van der Waals surface area contributed by atoms with E-state index in [1.54, 1.807) is 0 Å². The number of carboxylic acid groups (broad SMARTS) is 1. The molecule has 7 nitrogen and oxygen atoms in total. The zero-order chi connectivity index (χ0) is 10.2. The highest BCUT2D eigenvalue weighted by Crippen LogP contribution is 2.21. The molecule has 7 heteroatoms. The number of ether oxygens (including phenoxy) is 1. The first-order chi connectivity index (χ1) is 5.95. The molecule has 0 aliphatic carbocycles. The highest BCUT2D eigenvalue weighted by Gasteiger charge is 2.40. The van der Waals surface area contributed by atoms with E-state index in [0.717, 1.165) is 0 Å². The van der Waals surface area contributed by atoms with Crippen LogP contribution in [0, 0.1) is 0 Å². The van der Waals surface area contributed by atoms with E-state index >= 15 is 0 Å². The van der Waals surface area contributed by atoms with Gasteiger partial charge in [-0.25, -0.2) is 4.79 Å². The third kappa shape index (κ3) is 1.57. The molecule has 0 saturated carbocycles. The Balaban J connectivity index is 2.99. The summed E-state index contributed by atoms with van der Waals surface area (Å²) in [6, 6.07) is 0. The van der Waals surface area contributed by atoms with Gasteiger partial charge in [-0.3, -0.25) is 0 Å². The Morgan fingerprint density at radius 2 is 1.77 bits per heavy atom. The number of aliphatic carboxylic acids is 1. The van der Waals surface area contributed by atoms with E-state index < -0.39 is 36.0 Å². The fraction of sp³-hybridized carbons (Fsp3) is 0.500. The van der Waals surface area contributed by atoms with Gasteiger partial charge in [-0.1, -0.05) is 0 Å². The molecule has 0 aromatic rings. The maximum atomic E-state index is 10.3. The van der Waals surface area contributed by atoms with Crippen molar-refractivity contribution in [3.05, 3.63) is 11.5 Å². The number of aliphatic hydroxyl groups is 4. The van der Waals surface area contributed by atoms with Crippen molar-refractivity contribution >= 4 is 5.97 Å². The topological polar surface area (TPSA) is 127 Å². The Kier molecular flexibility index (Phi) is 2.41. The van der Waals surface area contributed by atoms with Crippen LogP contribution in [0.4, 0.5) is 0 Å². The minimum absolute atomic E-state index is 0.994. The van der Waals surface area contributed by atoms with Gasteiger partial charge in [0.1, 0.15) is 0 Å². The number of rotatable bonds is 1. The van der Waals surface area contributed by atoms with E-state index in [4.69, 9.17) is 25.5 Å². The Labute approximate surface area is 72.1 Å². The molecule has 0 radical (unpaired) electrons. The highest BCUT2D eigenvalue weighted by atomic mass is 16.6. The molecule has 0 spiro atoms. The first-order valence-corrected chi connectivity index (χ1v) is 3.31. The van der Waals surface area contributed by atoms with Gasteiger partial charge in [0, 0.05) is 0 Å². The SMILES string of the molecule is O=C(O)C1O[C@@H](O)C(O)C(O)=C1O. The lowest BCUT2D eigenvalue weighted by Gasteiger charge is -2.27. The average Bonchev–Trinajstić information content (AvgIpc) is 2.07. The Morgan fingerprint density at radius 3 is 2.23 bits per heavy atom. The van der Waals surface area contributed by atoms with E-state index in [-0.39, 0.29) is 0 Å². The monoisotopic (exact) mass is 192 g/mol. The van der Waals surface area contributed by atoms with Crippen molar-refractivity contribution in [3.8, 4) is 0 Å². The number of carboxylic acids is 1. The molecule has 1 heterocycles. The van der Waals surface area contributed by atoms with E-state index in [1.807, 2.05) is 0 Å². The molecule has 3 atom stereocenters. The van der Waals surface area contributed by atoms with Gasteiger partial charge in [-0.15, -0.1) is 0 Å². The van der Waals surface area contributed by atoms with Crippen LogP contribution >= 0.6 is 0 Å². The molecule has 0 saturated heterocycles. The number of aliphatic hydroxyl groups excluding tert-OH is 4.